The SMILES string of the molecule is C=C1C2C(=C)C1C2(OCC)OCC. The average molecular weight is 180 g/mol. The molecular formula is C11H16O2. The van der Waals surface area contributed by atoms with Gasteiger partial charge in [0.15, 0.2) is 5.79 Å². The second-order valence-electron chi connectivity index (χ2n) is 3.60. The quantitative estimate of drug-likeness (QED) is 0.487. The summed E-state index contributed by atoms with van der Waals surface area (Å²) in [5.74, 6) is 0.146. The molecule has 3 fully saturated rings. The van der Waals surface area contributed by atoms with E-state index >= 15 is 0 Å². The van der Waals surface area contributed by atoms with E-state index in [1.807, 2.05) is 13.8 Å². The second kappa shape index (κ2) is 2.69. The Balaban J connectivity index is 2.12. The average Bonchev–Trinajstić information content (AvgIpc) is 2.04. The van der Waals surface area contributed by atoms with E-state index in [1.165, 1.54) is 11.1 Å². The predicted molar refractivity (Wildman–Crippen MR) is 51.2 cm³/mol. The summed E-state index contributed by atoms with van der Waals surface area (Å²) in [5, 5.41) is 0. The molecule has 0 aromatic rings. The van der Waals surface area contributed by atoms with Crippen molar-refractivity contribution in [2.24, 2.45) is 11.8 Å². The fourth-order valence-corrected chi connectivity index (χ4v) is 2.55. The highest BCUT2D eigenvalue weighted by Crippen LogP contribution is 2.69. The molecule has 0 saturated heterocycles. The zero-order chi connectivity index (χ0) is 9.64. The Hall–Kier alpha value is -0.600. The summed E-state index contributed by atoms with van der Waals surface area (Å²) in [6.07, 6.45) is 0. The zero-order valence-corrected chi connectivity index (χ0v) is 8.30. The molecule has 0 heterocycles. The van der Waals surface area contributed by atoms with Gasteiger partial charge in [-0.1, -0.05) is 24.3 Å². The van der Waals surface area contributed by atoms with Gasteiger partial charge in [-0.05, 0) is 13.8 Å². The summed E-state index contributed by atoms with van der Waals surface area (Å²) < 4.78 is 11.3. The van der Waals surface area contributed by atoms with Crippen molar-refractivity contribution in [1.82, 2.24) is 0 Å². The molecule has 0 aromatic heterocycles. The van der Waals surface area contributed by atoms with Crippen molar-refractivity contribution in [3.05, 3.63) is 24.3 Å². The van der Waals surface area contributed by atoms with E-state index in [1.54, 1.807) is 0 Å². The molecule has 0 aromatic carbocycles. The summed E-state index contributed by atoms with van der Waals surface area (Å²) in [7, 11) is 0. The Bertz CT molecular complexity index is 227. The van der Waals surface area contributed by atoms with Crippen molar-refractivity contribution >= 4 is 0 Å². The van der Waals surface area contributed by atoms with Crippen LogP contribution in [0, 0.1) is 11.8 Å². The van der Waals surface area contributed by atoms with E-state index < -0.39 is 0 Å². The standard InChI is InChI=1S/C11H16O2/c1-5-12-11(13-6-2)9-7(3)10(11)8(9)4/h9-10H,3-6H2,1-2H3. The topological polar surface area (TPSA) is 18.5 Å². The van der Waals surface area contributed by atoms with Gasteiger partial charge in [-0.15, -0.1) is 0 Å². The van der Waals surface area contributed by atoms with Gasteiger partial charge in [-0.2, -0.15) is 0 Å². The van der Waals surface area contributed by atoms with Crippen LogP contribution in [0.15, 0.2) is 24.3 Å². The molecule has 0 radical (unpaired) electrons. The summed E-state index contributed by atoms with van der Waals surface area (Å²) >= 11 is 0. The largest absolute Gasteiger partial charge is 0.348 e. The van der Waals surface area contributed by atoms with Crippen molar-refractivity contribution in [2.75, 3.05) is 13.2 Å². The number of ether oxygens (including phenoxy) is 2. The van der Waals surface area contributed by atoms with Gasteiger partial charge >= 0.3 is 0 Å². The van der Waals surface area contributed by atoms with Crippen molar-refractivity contribution in [1.29, 1.82) is 0 Å². The van der Waals surface area contributed by atoms with E-state index in [2.05, 4.69) is 13.2 Å². The number of hydrogen-bond donors (Lipinski definition) is 0. The molecule has 0 unspecified atom stereocenters. The fourth-order valence-electron chi connectivity index (χ4n) is 2.55. The molecule has 3 aliphatic rings. The molecule has 0 N–H and O–H groups in total. The molecule has 2 nitrogen and oxygen atoms in total. The van der Waals surface area contributed by atoms with Gasteiger partial charge in [0.05, 0.1) is 11.8 Å². The van der Waals surface area contributed by atoms with Crippen molar-refractivity contribution in [3.63, 3.8) is 0 Å². The van der Waals surface area contributed by atoms with Crippen LogP contribution in [0.1, 0.15) is 13.8 Å². The van der Waals surface area contributed by atoms with Crippen LogP contribution in [0.4, 0.5) is 0 Å². The molecule has 2 heteroatoms. The van der Waals surface area contributed by atoms with Gasteiger partial charge in [-0.3, -0.25) is 0 Å². The minimum absolute atomic E-state index is 0.261. The van der Waals surface area contributed by atoms with Crippen molar-refractivity contribution in [2.45, 2.75) is 19.6 Å². The number of rotatable bonds is 4. The highest BCUT2D eigenvalue weighted by atomic mass is 16.7. The maximum Gasteiger partial charge on any atom is 0.188 e. The third-order valence-corrected chi connectivity index (χ3v) is 3.03. The lowest BCUT2D eigenvalue weighted by Crippen LogP contribution is -2.72. The van der Waals surface area contributed by atoms with E-state index in [0.29, 0.717) is 13.2 Å². The van der Waals surface area contributed by atoms with Crippen LogP contribution >= 0.6 is 0 Å². The Kier molecular flexibility index (Phi) is 1.86. The molecule has 0 aliphatic heterocycles. The third-order valence-electron chi connectivity index (χ3n) is 3.03. The predicted octanol–water partition coefficient (Wildman–Crippen LogP) is 2.13. The Morgan fingerprint density at radius 1 is 1.08 bits per heavy atom. The lowest BCUT2D eigenvalue weighted by molar-refractivity contribution is -0.337. The molecule has 0 atom stereocenters. The van der Waals surface area contributed by atoms with E-state index in [9.17, 15) is 0 Å². The summed E-state index contributed by atoms with van der Waals surface area (Å²) in [6.45, 7) is 13.3. The first-order valence-corrected chi connectivity index (χ1v) is 4.84. The van der Waals surface area contributed by atoms with Gasteiger partial charge in [0, 0.05) is 13.2 Å². The first-order chi connectivity index (χ1) is 6.19. The first-order valence-electron chi connectivity index (χ1n) is 4.84. The Morgan fingerprint density at radius 3 is 1.69 bits per heavy atom. The molecule has 3 saturated carbocycles. The summed E-state index contributed by atoms with van der Waals surface area (Å²) in [5.41, 5.74) is 2.46. The maximum atomic E-state index is 5.66. The normalized spacial score (nSPS) is 34.0. The molecule has 0 amide bonds. The van der Waals surface area contributed by atoms with Crippen LogP contribution in [0.5, 0.6) is 0 Å². The second-order valence-corrected chi connectivity index (χ2v) is 3.60. The van der Waals surface area contributed by atoms with Gasteiger partial charge in [0.1, 0.15) is 0 Å². The Labute approximate surface area is 79.2 Å². The smallest absolute Gasteiger partial charge is 0.188 e. The monoisotopic (exact) mass is 180 g/mol. The van der Waals surface area contributed by atoms with Crippen LogP contribution in [-0.4, -0.2) is 19.0 Å². The van der Waals surface area contributed by atoms with Crippen LogP contribution in [0.25, 0.3) is 0 Å². The van der Waals surface area contributed by atoms with Gasteiger partial charge in [-0.25, -0.2) is 0 Å². The minimum atomic E-state index is -0.377. The lowest BCUT2D eigenvalue weighted by Gasteiger charge is -2.68. The molecule has 3 rings (SSSR count). The van der Waals surface area contributed by atoms with Crippen LogP contribution in [-0.2, 0) is 9.47 Å². The van der Waals surface area contributed by atoms with Crippen molar-refractivity contribution in [3.8, 4) is 0 Å². The van der Waals surface area contributed by atoms with Crippen LogP contribution in [0.3, 0.4) is 0 Å². The number of hydrogen-bond acceptors (Lipinski definition) is 2. The summed E-state index contributed by atoms with van der Waals surface area (Å²) in [6, 6.07) is 0. The Morgan fingerprint density at radius 2 is 1.46 bits per heavy atom. The molecular weight excluding hydrogens is 164 g/mol. The van der Waals surface area contributed by atoms with E-state index in [-0.39, 0.29) is 17.6 Å². The first kappa shape index (κ1) is 8.97. The highest BCUT2D eigenvalue weighted by molar-refractivity contribution is 5.55. The van der Waals surface area contributed by atoms with Crippen molar-refractivity contribution < 1.29 is 9.47 Å². The van der Waals surface area contributed by atoms with Crippen LogP contribution in [0.2, 0.25) is 0 Å². The van der Waals surface area contributed by atoms with E-state index in [0.717, 1.165) is 0 Å². The van der Waals surface area contributed by atoms with Gasteiger partial charge in [0.2, 0.25) is 0 Å². The zero-order valence-electron chi connectivity index (χ0n) is 8.30. The molecule has 72 valence electrons. The third kappa shape index (κ3) is 0.804. The molecule has 13 heavy (non-hydrogen) atoms. The summed E-state index contributed by atoms with van der Waals surface area (Å²) in [4.78, 5) is 0. The maximum absolute atomic E-state index is 5.66. The molecule has 3 aliphatic carbocycles. The fraction of sp³-hybridized carbons (Fsp3) is 0.636. The van der Waals surface area contributed by atoms with Gasteiger partial charge < -0.3 is 9.47 Å². The van der Waals surface area contributed by atoms with E-state index in [4.69, 9.17) is 9.47 Å². The minimum Gasteiger partial charge on any atom is -0.348 e. The molecule has 0 spiro atoms. The van der Waals surface area contributed by atoms with Gasteiger partial charge in [0.25, 0.3) is 0 Å². The lowest BCUT2D eigenvalue weighted by atomic mass is 9.44. The highest BCUT2D eigenvalue weighted by Gasteiger charge is 2.73. The molecule has 2 bridgehead atoms. The van der Waals surface area contributed by atoms with Crippen LogP contribution < -0.4 is 0 Å².